The molecule has 1 aromatic heterocycles. The number of hydrogen-bond donors (Lipinski definition) is 0. The number of rotatable bonds is 6. The van der Waals surface area contributed by atoms with Crippen LogP contribution in [0.1, 0.15) is 35.5 Å². The largest absolute Gasteiger partial charge is 0.485 e. The Balaban J connectivity index is 1.63. The van der Waals surface area contributed by atoms with E-state index in [1.165, 1.54) is 12.1 Å². The van der Waals surface area contributed by atoms with E-state index in [-0.39, 0.29) is 30.0 Å². The summed E-state index contributed by atoms with van der Waals surface area (Å²) in [7, 11) is 1.61. The third kappa shape index (κ3) is 4.19. The maximum absolute atomic E-state index is 13.2. The van der Waals surface area contributed by atoms with Crippen molar-refractivity contribution in [3.8, 4) is 5.75 Å². The Hall–Kier alpha value is -2.48. The number of carbonyl (C=O) groups is 1. The van der Waals surface area contributed by atoms with Crippen molar-refractivity contribution in [1.82, 2.24) is 10.1 Å². The number of nitrogens with zero attached hydrogens (tertiary/aromatic N) is 2. The smallest absolute Gasteiger partial charge is 0.276 e. The van der Waals surface area contributed by atoms with Crippen molar-refractivity contribution in [1.29, 1.82) is 0 Å². The Kier molecular flexibility index (Phi) is 5.82. The monoisotopic (exact) mass is 366 g/mol. The first-order valence-corrected chi connectivity index (χ1v) is 8.42. The third-order valence-electron chi connectivity index (χ3n) is 4.30. The van der Waals surface area contributed by atoms with Crippen LogP contribution in [0.25, 0.3) is 0 Å². The van der Waals surface area contributed by atoms with E-state index in [9.17, 15) is 13.6 Å². The molecule has 0 spiro atoms. The summed E-state index contributed by atoms with van der Waals surface area (Å²) in [6.07, 6.45) is 2.89. The van der Waals surface area contributed by atoms with E-state index in [0.29, 0.717) is 18.9 Å². The summed E-state index contributed by atoms with van der Waals surface area (Å²) in [6.45, 7) is 1.09. The molecule has 6 nitrogen and oxygen atoms in total. The number of methoxy groups -OCH3 is 1. The zero-order valence-electron chi connectivity index (χ0n) is 14.4. The molecule has 1 aliphatic heterocycles. The van der Waals surface area contributed by atoms with E-state index in [1.807, 2.05) is 0 Å². The van der Waals surface area contributed by atoms with Crippen LogP contribution in [0.4, 0.5) is 8.78 Å². The predicted octanol–water partition coefficient (Wildman–Crippen LogP) is 3.17. The molecular weight excluding hydrogens is 346 g/mol. The van der Waals surface area contributed by atoms with Crippen LogP contribution >= 0.6 is 0 Å². The number of likely N-dealkylation sites (tertiary alicyclic amines) is 1. The summed E-state index contributed by atoms with van der Waals surface area (Å²) in [4.78, 5) is 14.4. The first kappa shape index (κ1) is 18.3. The molecule has 1 fully saturated rings. The van der Waals surface area contributed by atoms with E-state index in [1.54, 1.807) is 12.0 Å². The molecule has 2 heterocycles. The third-order valence-corrected chi connectivity index (χ3v) is 4.30. The van der Waals surface area contributed by atoms with Crippen LogP contribution in [0.3, 0.4) is 0 Å². The highest BCUT2D eigenvalue weighted by Gasteiger charge is 2.29. The normalized spacial score (nSPS) is 17.3. The first-order chi connectivity index (χ1) is 12.6. The average molecular weight is 366 g/mol. The van der Waals surface area contributed by atoms with Gasteiger partial charge in [0.25, 0.3) is 5.91 Å². The number of benzene rings is 1. The summed E-state index contributed by atoms with van der Waals surface area (Å²) in [6, 6.07) is 4.76. The van der Waals surface area contributed by atoms with E-state index in [4.69, 9.17) is 14.0 Å². The van der Waals surface area contributed by atoms with Crippen molar-refractivity contribution in [3.05, 3.63) is 47.4 Å². The minimum Gasteiger partial charge on any atom is -0.485 e. The van der Waals surface area contributed by atoms with Gasteiger partial charge in [0.05, 0.1) is 12.6 Å². The van der Waals surface area contributed by atoms with Crippen molar-refractivity contribution in [3.63, 3.8) is 0 Å². The van der Waals surface area contributed by atoms with Gasteiger partial charge in [-0.3, -0.25) is 4.79 Å². The van der Waals surface area contributed by atoms with Crippen molar-refractivity contribution < 1.29 is 27.6 Å². The number of hydrogen-bond acceptors (Lipinski definition) is 5. The fourth-order valence-corrected chi connectivity index (χ4v) is 2.98. The van der Waals surface area contributed by atoms with E-state index < -0.39 is 11.6 Å². The molecule has 1 saturated heterocycles. The Labute approximate surface area is 149 Å². The lowest BCUT2D eigenvalue weighted by Gasteiger charge is -2.34. The van der Waals surface area contributed by atoms with Gasteiger partial charge in [0.2, 0.25) is 0 Å². The van der Waals surface area contributed by atoms with Crippen molar-refractivity contribution >= 4 is 5.91 Å². The van der Waals surface area contributed by atoms with E-state index in [2.05, 4.69) is 5.16 Å². The second-order valence-corrected chi connectivity index (χ2v) is 6.15. The van der Waals surface area contributed by atoms with E-state index in [0.717, 1.165) is 31.4 Å². The fraction of sp³-hybridized carbons (Fsp3) is 0.444. The molecule has 26 heavy (non-hydrogen) atoms. The first-order valence-electron chi connectivity index (χ1n) is 8.42. The van der Waals surface area contributed by atoms with Gasteiger partial charge in [0.1, 0.15) is 12.4 Å². The van der Waals surface area contributed by atoms with Crippen LogP contribution in [0.15, 0.2) is 28.8 Å². The molecule has 0 aliphatic carbocycles. The van der Waals surface area contributed by atoms with Gasteiger partial charge in [-0.15, -0.1) is 0 Å². The zero-order chi connectivity index (χ0) is 18.5. The molecule has 1 amide bonds. The molecule has 140 valence electrons. The molecule has 1 aromatic carbocycles. The average Bonchev–Trinajstić information content (AvgIpc) is 3.12. The number of carbonyl (C=O) groups excluding carboxylic acids is 1. The standard InChI is InChI=1S/C18H20F2N2O4/c1-24-10-12-4-2-3-7-22(12)18(23)17-9-14(26-21-17)11-25-13-5-6-15(19)16(20)8-13/h5-6,8-9,12H,2-4,7,10-11H2,1H3/t12-/m0/s1. The molecular formula is C18H20F2N2O4. The Morgan fingerprint density at radius 3 is 2.92 bits per heavy atom. The highest BCUT2D eigenvalue weighted by atomic mass is 19.2. The van der Waals surface area contributed by atoms with Gasteiger partial charge in [-0.05, 0) is 31.4 Å². The molecule has 3 rings (SSSR count). The molecule has 1 atom stereocenters. The van der Waals surface area contributed by atoms with E-state index >= 15 is 0 Å². The second kappa shape index (κ2) is 8.27. The van der Waals surface area contributed by atoms with Gasteiger partial charge >= 0.3 is 0 Å². The Morgan fingerprint density at radius 2 is 2.15 bits per heavy atom. The molecule has 8 heteroatoms. The SMILES string of the molecule is COC[C@@H]1CCCCN1C(=O)c1cc(COc2ccc(F)c(F)c2)on1. The van der Waals surface area contributed by atoms with Gasteiger partial charge in [-0.25, -0.2) is 8.78 Å². The second-order valence-electron chi connectivity index (χ2n) is 6.15. The summed E-state index contributed by atoms with van der Waals surface area (Å²) in [5, 5.41) is 3.81. The van der Waals surface area contributed by atoms with Crippen LogP contribution in [0.5, 0.6) is 5.75 Å². The van der Waals surface area contributed by atoms with Crippen LogP contribution in [0, 0.1) is 11.6 Å². The lowest BCUT2D eigenvalue weighted by molar-refractivity contribution is 0.0419. The van der Waals surface area contributed by atoms with Crippen molar-refractivity contribution in [2.24, 2.45) is 0 Å². The quantitative estimate of drug-likeness (QED) is 0.786. The molecule has 0 unspecified atom stereocenters. The molecule has 0 N–H and O–H groups in total. The maximum Gasteiger partial charge on any atom is 0.276 e. The summed E-state index contributed by atoms with van der Waals surface area (Å²) < 4.78 is 41.7. The van der Waals surface area contributed by atoms with Gasteiger partial charge in [0.15, 0.2) is 23.1 Å². The molecule has 1 aliphatic rings. The topological polar surface area (TPSA) is 64.8 Å². The number of piperidine rings is 1. The van der Waals surface area contributed by atoms with Crippen molar-refractivity contribution in [2.75, 3.05) is 20.3 Å². The van der Waals surface area contributed by atoms with Crippen LogP contribution in [-0.2, 0) is 11.3 Å². The highest BCUT2D eigenvalue weighted by molar-refractivity contribution is 5.92. The minimum absolute atomic E-state index is 0.0276. The lowest BCUT2D eigenvalue weighted by atomic mass is 10.0. The number of amides is 1. The number of halogens is 2. The molecule has 0 radical (unpaired) electrons. The van der Waals surface area contributed by atoms with Gasteiger partial charge in [0, 0.05) is 25.8 Å². The highest BCUT2D eigenvalue weighted by Crippen LogP contribution is 2.21. The molecule has 0 bridgehead atoms. The predicted molar refractivity (Wildman–Crippen MR) is 87.7 cm³/mol. The Bertz CT molecular complexity index is 763. The zero-order valence-corrected chi connectivity index (χ0v) is 14.4. The van der Waals surface area contributed by atoms with Gasteiger partial charge in [-0.2, -0.15) is 0 Å². The number of aromatic nitrogens is 1. The summed E-state index contributed by atoms with van der Waals surface area (Å²) >= 11 is 0. The van der Waals surface area contributed by atoms with Crippen LogP contribution in [-0.4, -0.2) is 42.3 Å². The van der Waals surface area contributed by atoms with Gasteiger partial charge in [-0.1, -0.05) is 5.16 Å². The number of ether oxygens (including phenoxy) is 2. The van der Waals surface area contributed by atoms with Gasteiger partial charge < -0.3 is 18.9 Å². The lowest BCUT2D eigenvalue weighted by Crippen LogP contribution is -2.46. The molecule has 0 saturated carbocycles. The fourth-order valence-electron chi connectivity index (χ4n) is 2.98. The maximum atomic E-state index is 13.2. The van der Waals surface area contributed by atoms with Crippen LogP contribution < -0.4 is 4.74 Å². The minimum atomic E-state index is -0.995. The van der Waals surface area contributed by atoms with Crippen molar-refractivity contribution in [2.45, 2.75) is 31.9 Å². The summed E-state index contributed by atoms with van der Waals surface area (Å²) in [5.74, 6) is -1.68. The Morgan fingerprint density at radius 1 is 1.31 bits per heavy atom. The van der Waals surface area contributed by atoms with Crippen LogP contribution in [0.2, 0.25) is 0 Å². The summed E-state index contributed by atoms with van der Waals surface area (Å²) in [5.41, 5.74) is 0.192. The molecule has 2 aromatic rings.